The molecule has 0 amide bonds. The number of hydrogen-bond acceptors (Lipinski definition) is 4. The molecule has 1 aromatic rings. The molecule has 1 aliphatic heterocycles. The number of aromatic nitrogens is 1. The molecular weight excluding hydrogens is 226 g/mol. The lowest BCUT2D eigenvalue weighted by Gasteiger charge is -2.29. The summed E-state index contributed by atoms with van der Waals surface area (Å²) in [4.78, 5) is 6.84. The molecule has 1 aromatic heterocycles. The fraction of sp³-hybridized carbons (Fsp3) is 0.786. The van der Waals surface area contributed by atoms with Crippen LogP contribution < -0.4 is 5.32 Å². The lowest BCUT2D eigenvalue weighted by molar-refractivity contribution is 0.196. The van der Waals surface area contributed by atoms with Gasteiger partial charge in [-0.2, -0.15) is 0 Å². The fourth-order valence-electron chi connectivity index (χ4n) is 2.67. The standard InChI is InChI=1S/C14H25N3O/c1-3-8-17(9-13-4-6-15-7-5-13)10-14-12(2)18-11-16-14/h11,13,15H,3-10H2,1-2H3. The van der Waals surface area contributed by atoms with E-state index < -0.39 is 0 Å². The maximum atomic E-state index is 5.29. The molecule has 0 radical (unpaired) electrons. The molecule has 1 N–H and O–H groups in total. The topological polar surface area (TPSA) is 41.3 Å². The minimum absolute atomic E-state index is 0.838. The van der Waals surface area contributed by atoms with Crippen LogP contribution in [0.2, 0.25) is 0 Å². The van der Waals surface area contributed by atoms with Gasteiger partial charge in [-0.1, -0.05) is 6.92 Å². The lowest BCUT2D eigenvalue weighted by atomic mass is 9.97. The summed E-state index contributed by atoms with van der Waals surface area (Å²) in [6.07, 6.45) is 5.36. The minimum atomic E-state index is 0.838. The Morgan fingerprint density at radius 3 is 2.83 bits per heavy atom. The summed E-state index contributed by atoms with van der Waals surface area (Å²) in [5, 5.41) is 3.43. The van der Waals surface area contributed by atoms with Crippen molar-refractivity contribution in [3.05, 3.63) is 17.8 Å². The molecule has 4 nitrogen and oxygen atoms in total. The van der Waals surface area contributed by atoms with Crippen LogP contribution in [-0.2, 0) is 6.54 Å². The van der Waals surface area contributed by atoms with E-state index in [4.69, 9.17) is 4.42 Å². The van der Waals surface area contributed by atoms with Gasteiger partial charge in [-0.3, -0.25) is 4.90 Å². The average Bonchev–Trinajstić information content (AvgIpc) is 2.77. The van der Waals surface area contributed by atoms with Gasteiger partial charge in [0.05, 0.1) is 5.69 Å². The maximum absolute atomic E-state index is 5.29. The predicted molar refractivity (Wildman–Crippen MR) is 72.4 cm³/mol. The summed E-state index contributed by atoms with van der Waals surface area (Å²) < 4.78 is 5.29. The highest BCUT2D eigenvalue weighted by Gasteiger charge is 2.18. The molecule has 0 atom stereocenters. The molecular formula is C14H25N3O. The van der Waals surface area contributed by atoms with E-state index >= 15 is 0 Å². The van der Waals surface area contributed by atoms with E-state index in [2.05, 4.69) is 22.1 Å². The van der Waals surface area contributed by atoms with E-state index in [1.807, 2.05) is 6.92 Å². The predicted octanol–water partition coefficient (Wildman–Crippen LogP) is 2.19. The average molecular weight is 251 g/mol. The lowest BCUT2D eigenvalue weighted by Crippen LogP contribution is -2.36. The van der Waals surface area contributed by atoms with Gasteiger partial charge in [0.1, 0.15) is 5.76 Å². The van der Waals surface area contributed by atoms with Crippen molar-refractivity contribution in [3.63, 3.8) is 0 Å². The quantitative estimate of drug-likeness (QED) is 0.841. The van der Waals surface area contributed by atoms with E-state index in [1.54, 1.807) is 6.39 Å². The van der Waals surface area contributed by atoms with Crippen LogP contribution in [0.1, 0.15) is 37.6 Å². The minimum Gasteiger partial charge on any atom is -0.448 e. The molecule has 2 heterocycles. The molecule has 0 aromatic carbocycles. The third kappa shape index (κ3) is 3.82. The second-order valence-corrected chi connectivity index (χ2v) is 5.28. The van der Waals surface area contributed by atoms with Gasteiger partial charge in [0, 0.05) is 13.1 Å². The molecule has 0 saturated carbocycles. The van der Waals surface area contributed by atoms with Crippen molar-refractivity contribution in [2.24, 2.45) is 5.92 Å². The number of aryl methyl sites for hydroxylation is 1. The van der Waals surface area contributed by atoms with Crippen molar-refractivity contribution in [1.29, 1.82) is 0 Å². The first kappa shape index (κ1) is 13.6. The first-order valence-corrected chi connectivity index (χ1v) is 7.11. The normalized spacial score (nSPS) is 17.5. The monoisotopic (exact) mass is 251 g/mol. The second-order valence-electron chi connectivity index (χ2n) is 5.28. The van der Waals surface area contributed by atoms with Crippen LogP contribution in [0.4, 0.5) is 0 Å². The highest BCUT2D eigenvalue weighted by molar-refractivity contribution is 5.04. The van der Waals surface area contributed by atoms with E-state index in [9.17, 15) is 0 Å². The van der Waals surface area contributed by atoms with E-state index in [0.29, 0.717) is 0 Å². The fourth-order valence-corrected chi connectivity index (χ4v) is 2.67. The van der Waals surface area contributed by atoms with Crippen molar-refractivity contribution >= 4 is 0 Å². The highest BCUT2D eigenvalue weighted by atomic mass is 16.3. The zero-order chi connectivity index (χ0) is 12.8. The molecule has 4 heteroatoms. The molecule has 102 valence electrons. The Morgan fingerprint density at radius 1 is 1.44 bits per heavy atom. The zero-order valence-electron chi connectivity index (χ0n) is 11.6. The van der Waals surface area contributed by atoms with Gasteiger partial charge < -0.3 is 9.73 Å². The van der Waals surface area contributed by atoms with Crippen LogP contribution in [-0.4, -0.2) is 36.1 Å². The summed E-state index contributed by atoms with van der Waals surface area (Å²) in [5.74, 6) is 1.80. The number of oxazole rings is 1. The third-order valence-electron chi connectivity index (χ3n) is 3.73. The van der Waals surface area contributed by atoms with Crippen LogP contribution in [0, 0.1) is 12.8 Å². The van der Waals surface area contributed by atoms with Crippen LogP contribution in [0.25, 0.3) is 0 Å². The van der Waals surface area contributed by atoms with Crippen LogP contribution in [0.15, 0.2) is 10.8 Å². The van der Waals surface area contributed by atoms with Gasteiger partial charge in [-0.15, -0.1) is 0 Å². The Kier molecular flexibility index (Phi) is 5.20. The molecule has 1 fully saturated rings. The van der Waals surface area contributed by atoms with Gasteiger partial charge in [0.2, 0.25) is 0 Å². The van der Waals surface area contributed by atoms with Gasteiger partial charge in [-0.25, -0.2) is 4.98 Å². The van der Waals surface area contributed by atoms with Gasteiger partial charge in [-0.05, 0) is 51.7 Å². The molecule has 0 bridgehead atoms. The number of piperidine rings is 1. The first-order valence-electron chi connectivity index (χ1n) is 7.11. The molecule has 1 aliphatic rings. The van der Waals surface area contributed by atoms with E-state index in [1.165, 1.54) is 38.9 Å². The molecule has 0 aliphatic carbocycles. The maximum Gasteiger partial charge on any atom is 0.181 e. The number of rotatable bonds is 6. The van der Waals surface area contributed by atoms with E-state index in [-0.39, 0.29) is 0 Å². The Bertz CT molecular complexity index is 345. The van der Waals surface area contributed by atoms with Crippen molar-refractivity contribution in [2.75, 3.05) is 26.2 Å². The summed E-state index contributed by atoms with van der Waals surface area (Å²) in [6, 6.07) is 0. The van der Waals surface area contributed by atoms with Crippen LogP contribution >= 0.6 is 0 Å². The summed E-state index contributed by atoms with van der Waals surface area (Å²) in [6.45, 7) is 9.86. The Hall–Kier alpha value is -0.870. The SMILES string of the molecule is CCCN(Cc1ncoc1C)CC1CCNCC1. The molecule has 0 unspecified atom stereocenters. The van der Waals surface area contributed by atoms with Crippen molar-refractivity contribution in [2.45, 2.75) is 39.7 Å². The molecule has 0 spiro atoms. The number of hydrogen-bond donors (Lipinski definition) is 1. The second kappa shape index (κ2) is 6.90. The highest BCUT2D eigenvalue weighted by Crippen LogP contribution is 2.16. The molecule has 18 heavy (non-hydrogen) atoms. The van der Waals surface area contributed by atoms with Gasteiger partial charge in [0.25, 0.3) is 0 Å². The van der Waals surface area contributed by atoms with Crippen LogP contribution in [0.5, 0.6) is 0 Å². The smallest absolute Gasteiger partial charge is 0.181 e. The molecule has 2 rings (SSSR count). The van der Waals surface area contributed by atoms with Crippen LogP contribution in [0.3, 0.4) is 0 Å². The van der Waals surface area contributed by atoms with Crippen molar-refractivity contribution < 1.29 is 4.42 Å². The van der Waals surface area contributed by atoms with Gasteiger partial charge in [0.15, 0.2) is 6.39 Å². The molecule has 1 saturated heterocycles. The Morgan fingerprint density at radius 2 is 2.22 bits per heavy atom. The first-order chi connectivity index (χ1) is 8.79. The van der Waals surface area contributed by atoms with Gasteiger partial charge >= 0.3 is 0 Å². The Labute approximate surface area is 110 Å². The van der Waals surface area contributed by atoms with Crippen molar-refractivity contribution in [3.8, 4) is 0 Å². The zero-order valence-corrected chi connectivity index (χ0v) is 11.6. The number of nitrogens with one attached hydrogen (secondary N) is 1. The van der Waals surface area contributed by atoms with E-state index in [0.717, 1.165) is 30.5 Å². The summed E-state index contributed by atoms with van der Waals surface area (Å²) in [7, 11) is 0. The summed E-state index contributed by atoms with van der Waals surface area (Å²) in [5.41, 5.74) is 1.09. The van der Waals surface area contributed by atoms with Crippen molar-refractivity contribution in [1.82, 2.24) is 15.2 Å². The largest absolute Gasteiger partial charge is 0.448 e. The third-order valence-corrected chi connectivity index (χ3v) is 3.73. The number of nitrogens with zero attached hydrogens (tertiary/aromatic N) is 2. The Balaban J connectivity index is 1.88. The summed E-state index contributed by atoms with van der Waals surface area (Å²) >= 11 is 0.